The molecule has 0 unspecified atom stereocenters. The number of hydrogen-bond donors (Lipinski definition) is 0. The number of aryl methyl sites for hydroxylation is 1. The molecule has 0 aliphatic heterocycles. The second kappa shape index (κ2) is 10.6. The van der Waals surface area contributed by atoms with Gasteiger partial charge in [0.15, 0.2) is 0 Å². The zero-order valence-corrected chi connectivity index (χ0v) is 18.0. The Balaban J connectivity index is 0.000000660. The number of aromatic nitrogens is 3. The molecule has 0 spiro atoms. The Morgan fingerprint density at radius 2 is 1.54 bits per heavy atom. The highest BCUT2D eigenvalue weighted by Crippen LogP contribution is 2.36. The van der Waals surface area contributed by atoms with Gasteiger partial charge in [0.1, 0.15) is 0 Å². The molecule has 4 rings (SSSR count). The van der Waals surface area contributed by atoms with E-state index in [2.05, 4.69) is 33.6 Å². The van der Waals surface area contributed by atoms with E-state index in [-0.39, 0.29) is 0 Å². The SMILES string of the molecule is CC.CC.CCc1c(-c2cccnc2)n(-c2ccc(Cl)cc2)c2cnccc12. The van der Waals surface area contributed by atoms with Crippen molar-refractivity contribution in [2.24, 2.45) is 0 Å². The van der Waals surface area contributed by atoms with Crippen LogP contribution in [0.3, 0.4) is 0 Å². The maximum Gasteiger partial charge on any atom is 0.0721 e. The summed E-state index contributed by atoms with van der Waals surface area (Å²) in [5.74, 6) is 0. The van der Waals surface area contributed by atoms with Crippen LogP contribution in [0.15, 0.2) is 67.3 Å². The average molecular weight is 394 g/mol. The lowest BCUT2D eigenvalue weighted by molar-refractivity contribution is 1.08. The van der Waals surface area contributed by atoms with Crippen LogP contribution < -0.4 is 0 Å². The molecule has 3 heterocycles. The minimum absolute atomic E-state index is 0.729. The molecular formula is C24H28ClN3. The monoisotopic (exact) mass is 393 g/mol. The van der Waals surface area contributed by atoms with E-state index in [1.165, 1.54) is 10.9 Å². The van der Waals surface area contributed by atoms with Crippen LogP contribution >= 0.6 is 11.6 Å². The Hall–Kier alpha value is -2.65. The van der Waals surface area contributed by atoms with Crippen LogP contribution in [-0.2, 0) is 6.42 Å². The Labute approximate surface area is 173 Å². The number of hydrogen-bond acceptors (Lipinski definition) is 2. The normalized spacial score (nSPS) is 9.93. The first-order valence-corrected chi connectivity index (χ1v) is 10.3. The molecular weight excluding hydrogens is 366 g/mol. The standard InChI is InChI=1S/C20H16ClN3.2C2H6/c1-2-17-18-9-11-23-13-19(18)24(16-7-5-15(21)6-8-16)20(17)14-4-3-10-22-12-14;2*1-2/h3-13H,2H2,1H3;2*1-2H3. The molecule has 0 aliphatic rings. The molecule has 0 fully saturated rings. The summed E-state index contributed by atoms with van der Waals surface area (Å²) in [6.45, 7) is 10.2. The first-order chi connectivity index (χ1) is 13.8. The van der Waals surface area contributed by atoms with Gasteiger partial charge < -0.3 is 4.57 Å². The fraction of sp³-hybridized carbons (Fsp3) is 0.250. The molecule has 0 saturated carbocycles. The van der Waals surface area contributed by atoms with Crippen LogP contribution in [0.5, 0.6) is 0 Å². The van der Waals surface area contributed by atoms with E-state index in [0.717, 1.165) is 33.9 Å². The molecule has 0 radical (unpaired) electrons. The Bertz CT molecular complexity index is 990. The number of benzene rings is 1. The average Bonchev–Trinajstić information content (AvgIpc) is 3.12. The fourth-order valence-corrected chi connectivity index (χ4v) is 3.35. The summed E-state index contributed by atoms with van der Waals surface area (Å²) in [5, 5.41) is 1.95. The lowest BCUT2D eigenvalue weighted by atomic mass is 10.1. The largest absolute Gasteiger partial charge is 0.307 e. The number of fused-ring (bicyclic) bond motifs is 1. The smallest absolute Gasteiger partial charge is 0.0721 e. The number of nitrogens with zero attached hydrogens (tertiary/aromatic N) is 3. The maximum atomic E-state index is 6.08. The number of halogens is 1. The Kier molecular flexibility index (Phi) is 8.21. The summed E-state index contributed by atoms with van der Waals surface area (Å²) in [5.41, 5.74) is 5.72. The van der Waals surface area contributed by atoms with Crippen LogP contribution in [0.2, 0.25) is 5.02 Å². The van der Waals surface area contributed by atoms with Crippen molar-refractivity contribution < 1.29 is 0 Å². The minimum atomic E-state index is 0.729. The van der Waals surface area contributed by atoms with Crippen molar-refractivity contribution in [2.45, 2.75) is 41.0 Å². The topological polar surface area (TPSA) is 30.7 Å². The first kappa shape index (κ1) is 21.6. The van der Waals surface area contributed by atoms with E-state index < -0.39 is 0 Å². The molecule has 4 aromatic rings. The molecule has 146 valence electrons. The van der Waals surface area contributed by atoms with Gasteiger partial charge in [-0.3, -0.25) is 9.97 Å². The Morgan fingerprint density at radius 1 is 0.857 bits per heavy atom. The third-order valence-corrected chi connectivity index (χ3v) is 4.50. The summed E-state index contributed by atoms with van der Waals surface area (Å²) in [6.07, 6.45) is 8.41. The second-order valence-corrected chi connectivity index (χ2v) is 6.06. The van der Waals surface area contributed by atoms with Gasteiger partial charge in [-0.15, -0.1) is 0 Å². The van der Waals surface area contributed by atoms with Crippen molar-refractivity contribution in [1.29, 1.82) is 0 Å². The van der Waals surface area contributed by atoms with Crippen molar-refractivity contribution in [3.8, 4) is 16.9 Å². The molecule has 0 amide bonds. The molecule has 3 nitrogen and oxygen atoms in total. The molecule has 1 aromatic carbocycles. The van der Waals surface area contributed by atoms with Gasteiger partial charge in [-0.05, 0) is 54.4 Å². The summed E-state index contributed by atoms with van der Waals surface area (Å²) in [4.78, 5) is 8.64. The zero-order chi connectivity index (χ0) is 20.5. The van der Waals surface area contributed by atoms with E-state index >= 15 is 0 Å². The van der Waals surface area contributed by atoms with Gasteiger partial charge in [0.05, 0.1) is 17.4 Å². The van der Waals surface area contributed by atoms with Gasteiger partial charge in [0.2, 0.25) is 0 Å². The number of pyridine rings is 2. The Morgan fingerprint density at radius 3 is 2.14 bits per heavy atom. The van der Waals surface area contributed by atoms with Crippen molar-refractivity contribution in [3.63, 3.8) is 0 Å². The van der Waals surface area contributed by atoms with E-state index in [0.29, 0.717) is 0 Å². The predicted molar refractivity (Wildman–Crippen MR) is 121 cm³/mol. The van der Waals surface area contributed by atoms with E-state index in [1.54, 1.807) is 6.20 Å². The lowest BCUT2D eigenvalue weighted by Gasteiger charge is -2.12. The molecule has 4 heteroatoms. The van der Waals surface area contributed by atoms with Crippen LogP contribution in [0.1, 0.15) is 40.2 Å². The molecule has 3 aromatic heterocycles. The van der Waals surface area contributed by atoms with Gasteiger partial charge >= 0.3 is 0 Å². The van der Waals surface area contributed by atoms with Gasteiger partial charge in [0, 0.05) is 40.3 Å². The molecule has 0 N–H and O–H groups in total. The van der Waals surface area contributed by atoms with Gasteiger partial charge in [-0.2, -0.15) is 0 Å². The molecule has 0 bridgehead atoms. The van der Waals surface area contributed by atoms with Gasteiger partial charge in [0.25, 0.3) is 0 Å². The quantitative estimate of drug-likeness (QED) is 0.364. The first-order valence-electron chi connectivity index (χ1n) is 9.93. The van der Waals surface area contributed by atoms with Crippen molar-refractivity contribution in [2.75, 3.05) is 0 Å². The zero-order valence-electron chi connectivity index (χ0n) is 17.3. The van der Waals surface area contributed by atoms with Gasteiger partial charge in [-0.1, -0.05) is 46.2 Å². The van der Waals surface area contributed by atoms with E-state index in [4.69, 9.17) is 11.6 Å². The highest BCUT2D eigenvalue weighted by atomic mass is 35.5. The summed E-state index contributed by atoms with van der Waals surface area (Å²) < 4.78 is 2.24. The highest BCUT2D eigenvalue weighted by Gasteiger charge is 2.18. The summed E-state index contributed by atoms with van der Waals surface area (Å²) in [7, 11) is 0. The number of rotatable bonds is 3. The molecule has 0 aliphatic carbocycles. The molecule has 0 saturated heterocycles. The third-order valence-electron chi connectivity index (χ3n) is 4.25. The molecule has 28 heavy (non-hydrogen) atoms. The highest BCUT2D eigenvalue weighted by molar-refractivity contribution is 6.30. The van der Waals surface area contributed by atoms with Gasteiger partial charge in [-0.25, -0.2) is 0 Å². The van der Waals surface area contributed by atoms with Crippen LogP contribution in [-0.4, -0.2) is 14.5 Å². The van der Waals surface area contributed by atoms with Crippen molar-refractivity contribution >= 4 is 22.5 Å². The predicted octanol–water partition coefficient (Wildman–Crippen LogP) is 7.36. The second-order valence-electron chi connectivity index (χ2n) is 5.63. The lowest BCUT2D eigenvalue weighted by Crippen LogP contribution is -1.98. The molecule has 0 atom stereocenters. The van der Waals surface area contributed by atoms with Crippen molar-refractivity contribution in [1.82, 2.24) is 14.5 Å². The van der Waals surface area contributed by atoms with Crippen LogP contribution in [0.25, 0.3) is 27.8 Å². The maximum absolute atomic E-state index is 6.08. The third kappa shape index (κ3) is 4.26. The van der Waals surface area contributed by atoms with Crippen LogP contribution in [0.4, 0.5) is 0 Å². The fourth-order valence-electron chi connectivity index (χ4n) is 3.22. The van der Waals surface area contributed by atoms with Crippen LogP contribution in [0, 0.1) is 0 Å². The van der Waals surface area contributed by atoms with Crippen molar-refractivity contribution in [3.05, 3.63) is 77.8 Å². The van der Waals surface area contributed by atoms with E-state index in [1.807, 2.05) is 76.6 Å². The minimum Gasteiger partial charge on any atom is -0.307 e. The summed E-state index contributed by atoms with van der Waals surface area (Å²) >= 11 is 6.08. The van der Waals surface area contributed by atoms with E-state index in [9.17, 15) is 0 Å². The summed E-state index contributed by atoms with van der Waals surface area (Å²) in [6, 6.07) is 14.1.